The standard InChI is InChI=1S/C14H14.C2H6.CH4/c1-12(13-8-4-2-5-9-13)14-10-6-3-7-11-14;1-2;/h2-12H,1H3;1-2H3;1H4. The van der Waals surface area contributed by atoms with Crippen LogP contribution in [0.15, 0.2) is 60.7 Å². The van der Waals surface area contributed by atoms with Crippen LogP contribution in [0.2, 0.25) is 0 Å². The van der Waals surface area contributed by atoms with Gasteiger partial charge < -0.3 is 0 Å². The van der Waals surface area contributed by atoms with E-state index in [-0.39, 0.29) is 7.43 Å². The molecule has 0 bridgehead atoms. The van der Waals surface area contributed by atoms with Crippen molar-refractivity contribution >= 4 is 0 Å². The maximum Gasteiger partial charge on any atom is 0.00610 e. The Balaban J connectivity index is 0.000000811. The summed E-state index contributed by atoms with van der Waals surface area (Å²) >= 11 is 0. The predicted molar refractivity (Wildman–Crippen MR) is 78.5 cm³/mol. The largest absolute Gasteiger partial charge is 0.0776 e. The molecule has 0 heteroatoms. The first-order valence-corrected chi connectivity index (χ1v) is 5.98. The molecule has 0 aromatic heterocycles. The third-order valence-corrected chi connectivity index (χ3v) is 2.60. The van der Waals surface area contributed by atoms with Crippen molar-refractivity contribution in [2.24, 2.45) is 0 Å². The van der Waals surface area contributed by atoms with Crippen LogP contribution in [-0.2, 0) is 0 Å². The molecule has 0 aliphatic rings. The fourth-order valence-corrected chi connectivity index (χ4v) is 1.68. The highest BCUT2D eigenvalue weighted by Gasteiger charge is 2.05. The summed E-state index contributed by atoms with van der Waals surface area (Å²) in [5.74, 6) is 0.484. The summed E-state index contributed by atoms with van der Waals surface area (Å²) in [5, 5.41) is 0. The van der Waals surface area contributed by atoms with E-state index < -0.39 is 0 Å². The predicted octanol–water partition coefficient (Wildman–Crippen LogP) is 5.50. The second-order valence-corrected chi connectivity index (χ2v) is 3.54. The van der Waals surface area contributed by atoms with Crippen molar-refractivity contribution in [2.45, 2.75) is 34.1 Å². The maximum absolute atomic E-state index is 2.24. The lowest BCUT2D eigenvalue weighted by atomic mass is 9.93. The first-order valence-electron chi connectivity index (χ1n) is 5.98. The van der Waals surface area contributed by atoms with Gasteiger partial charge in [-0.05, 0) is 11.1 Å². The van der Waals surface area contributed by atoms with Crippen molar-refractivity contribution in [3.05, 3.63) is 71.8 Å². The van der Waals surface area contributed by atoms with E-state index in [4.69, 9.17) is 0 Å². The van der Waals surface area contributed by atoms with Crippen LogP contribution in [0.3, 0.4) is 0 Å². The van der Waals surface area contributed by atoms with Crippen LogP contribution in [0.25, 0.3) is 0 Å². The molecule has 0 aliphatic carbocycles. The van der Waals surface area contributed by atoms with Gasteiger partial charge in [-0.25, -0.2) is 0 Å². The van der Waals surface area contributed by atoms with Gasteiger partial charge in [-0.1, -0.05) is 88.9 Å². The summed E-state index contributed by atoms with van der Waals surface area (Å²) in [6, 6.07) is 21.2. The molecule has 17 heavy (non-hydrogen) atoms. The molecule has 0 amide bonds. The molecule has 0 saturated heterocycles. The fourth-order valence-electron chi connectivity index (χ4n) is 1.68. The molecule has 0 saturated carbocycles. The fraction of sp³-hybridized carbons (Fsp3) is 0.294. The number of benzene rings is 2. The average Bonchev–Trinajstić information content (AvgIpc) is 2.42. The van der Waals surface area contributed by atoms with E-state index in [2.05, 4.69) is 67.6 Å². The molecule has 0 N–H and O–H groups in total. The van der Waals surface area contributed by atoms with Crippen molar-refractivity contribution in [2.75, 3.05) is 0 Å². The first-order chi connectivity index (χ1) is 7.88. The molecule has 2 aromatic rings. The topological polar surface area (TPSA) is 0 Å². The van der Waals surface area contributed by atoms with Crippen molar-refractivity contribution in [1.29, 1.82) is 0 Å². The Morgan fingerprint density at radius 3 is 1.24 bits per heavy atom. The Morgan fingerprint density at radius 1 is 0.647 bits per heavy atom. The van der Waals surface area contributed by atoms with E-state index in [0.717, 1.165) is 0 Å². The minimum atomic E-state index is 0. The number of hydrogen-bond donors (Lipinski definition) is 0. The van der Waals surface area contributed by atoms with Gasteiger partial charge in [0, 0.05) is 5.92 Å². The van der Waals surface area contributed by atoms with Gasteiger partial charge in [0.15, 0.2) is 0 Å². The molecule has 0 fully saturated rings. The van der Waals surface area contributed by atoms with E-state index in [1.165, 1.54) is 11.1 Å². The van der Waals surface area contributed by atoms with Gasteiger partial charge in [-0.15, -0.1) is 0 Å². The van der Waals surface area contributed by atoms with Crippen LogP contribution in [0.5, 0.6) is 0 Å². The van der Waals surface area contributed by atoms with Gasteiger partial charge in [0.1, 0.15) is 0 Å². The Kier molecular flexibility index (Phi) is 7.79. The van der Waals surface area contributed by atoms with Crippen molar-refractivity contribution in [1.82, 2.24) is 0 Å². The Bertz CT molecular complexity index is 336. The molecule has 0 radical (unpaired) electrons. The van der Waals surface area contributed by atoms with E-state index in [9.17, 15) is 0 Å². The van der Waals surface area contributed by atoms with E-state index >= 15 is 0 Å². The quantitative estimate of drug-likeness (QED) is 0.636. The number of hydrogen-bond acceptors (Lipinski definition) is 0. The summed E-state index contributed by atoms with van der Waals surface area (Å²) in [6.45, 7) is 6.24. The lowest BCUT2D eigenvalue weighted by Gasteiger charge is -2.11. The molecule has 0 unspecified atom stereocenters. The molecular weight excluding hydrogens is 204 g/mol. The molecule has 0 atom stereocenters. The van der Waals surface area contributed by atoms with E-state index in [1.54, 1.807) is 0 Å². The molecule has 2 aromatic carbocycles. The monoisotopic (exact) mass is 228 g/mol. The lowest BCUT2D eigenvalue weighted by molar-refractivity contribution is 0.922. The van der Waals surface area contributed by atoms with E-state index in [0.29, 0.717) is 5.92 Å². The zero-order valence-electron chi connectivity index (χ0n) is 10.4. The minimum Gasteiger partial charge on any atom is -0.0776 e. The Morgan fingerprint density at radius 2 is 0.941 bits per heavy atom. The van der Waals surface area contributed by atoms with Gasteiger partial charge in [-0.3, -0.25) is 0 Å². The second kappa shape index (κ2) is 8.58. The Hall–Kier alpha value is -1.56. The number of rotatable bonds is 2. The van der Waals surface area contributed by atoms with Crippen LogP contribution in [-0.4, -0.2) is 0 Å². The molecule has 0 spiro atoms. The normalized spacial score (nSPS) is 8.94. The van der Waals surface area contributed by atoms with Crippen LogP contribution in [0, 0.1) is 0 Å². The summed E-state index contributed by atoms with van der Waals surface area (Å²) in [6.07, 6.45) is 0. The summed E-state index contributed by atoms with van der Waals surface area (Å²) in [4.78, 5) is 0. The highest BCUT2D eigenvalue weighted by atomic mass is 14.1. The molecule has 0 heterocycles. The lowest BCUT2D eigenvalue weighted by Crippen LogP contribution is -1.94. The SMILES string of the molecule is C.CC.CC(c1ccccc1)c1ccccc1. The Labute approximate surface area is 106 Å². The highest BCUT2D eigenvalue weighted by Crippen LogP contribution is 2.22. The van der Waals surface area contributed by atoms with Crippen molar-refractivity contribution in [3.63, 3.8) is 0 Å². The third-order valence-electron chi connectivity index (χ3n) is 2.60. The van der Waals surface area contributed by atoms with Crippen LogP contribution >= 0.6 is 0 Å². The molecule has 92 valence electrons. The van der Waals surface area contributed by atoms with Crippen molar-refractivity contribution in [3.8, 4) is 0 Å². The highest BCUT2D eigenvalue weighted by molar-refractivity contribution is 5.31. The molecule has 2 rings (SSSR count). The third kappa shape index (κ3) is 4.44. The smallest absolute Gasteiger partial charge is 0.00610 e. The first kappa shape index (κ1) is 15.4. The minimum absolute atomic E-state index is 0. The summed E-state index contributed by atoms with van der Waals surface area (Å²) < 4.78 is 0. The molecule has 0 aliphatic heterocycles. The van der Waals surface area contributed by atoms with Crippen molar-refractivity contribution < 1.29 is 0 Å². The second-order valence-electron chi connectivity index (χ2n) is 3.54. The van der Waals surface area contributed by atoms with E-state index in [1.807, 2.05) is 13.8 Å². The zero-order valence-corrected chi connectivity index (χ0v) is 10.4. The van der Waals surface area contributed by atoms with Crippen LogP contribution < -0.4 is 0 Å². The average molecular weight is 228 g/mol. The van der Waals surface area contributed by atoms with Gasteiger partial charge >= 0.3 is 0 Å². The zero-order chi connectivity index (χ0) is 11.8. The summed E-state index contributed by atoms with van der Waals surface area (Å²) in [5.41, 5.74) is 2.75. The van der Waals surface area contributed by atoms with Crippen LogP contribution in [0.4, 0.5) is 0 Å². The summed E-state index contributed by atoms with van der Waals surface area (Å²) in [7, 11) is 0. The van der Waals surface area contributed by atoms with Crippen LogP contribution in [0.1, 0.15) is 45.2 Å². The molecule has 0 nitrogen and oxygen atoms in total. The van der Waals surface area contributed by atoms with Gasteiger partial charge in [-0.2, -0.15) is 0 Å². The van der Waals surface area contributed by atoms with Gasteiger partial charge in [0.25, 0.3) is 0 Å². The van der Waals surface area contributed by atoms with Gasteiger partial charge in [0.2, 0.25) is 0 Å². The maximum atomic E-state index is 2.24. The van der Waals surface area contributed by atoms with Gasteiger partial charge in [0.05, 0.1) is 0 Å². The molecular formula is C17H24.